The number of hydrogen-bond acceptors (Lipinski definition) is 7. The van der Waals surface area contributed by atoms with Gasteiger partial charge >= 0.3 is 0 Å². The van der Waals surface area contributed by atoms with Gasteiger partial charge in [0.1, 0.15) is 18.3 Å². The number of rotatable bonds is 2. The fourth-order valence-corrected chi connectivity index (χ4v) is 1.44. The molecule has 1 fully saturated rings. The molecule has 88 valence electrons. The number of Topliss-reactive ketones (excluding diaryl/α,β-unsaturated/α-hetero) is 1. The Morgan fingerprint density at radius 3 is 2.67 bits per heavy atom. The van der Waals surface area contributed by atoms with Crippen molar-refractivity contribution >= 4 is 5.78 Å². The number of aliphatic hydroxyl groups is 4. The molecule has 0 bridgehead atoms. The molecule has 15 heavy (non-hydrogen) atoms. The Hall–Kier alpha value is -0.570. The van der Waals surface area contributed by atoms with Gasteiger partial charge < -0.3 is 30.9 Å². The number of nitrogens with two attached hydrogens (primary N) is 1. The van der Waals surface area contributed by atoms with E-state index in [2.05, 4.69) is 0 Å². The van der Waals surface area contributed by atoms with Crippen LogP contribution in [0.2, 0.25) is 0 Å². The first-order chi connectivity index (χ1) is 7.38. The first kappa shape index (κ1) is 10.9. The van der Waals surface area contributed by atoms with E-state index in [-0.39, 0.29) is 0 Å². The van der Waals surface area contributed by atoms with Crippen LogP contribution in [0.4, 0.5) is 0 Å². The lowest BCUT2D eigenvalue weighted by Crippen LogP contribution is -2.70. The monoisotopic (exact) mass is 222 g/mol. The van der Waals surface area contributed by atoms with Crippen LogP contribution in [0, 0.1) is 0 Å². The summed E-state index contributed by atoms with van der Waals surface area (Å²) in [5.41, 5.74) is 5.37. The van der Waals surface area contributed by atoms with Gasteiger partial charge in [-0.2, -0.15) is 0 Å². The molecular formula is C8H15NO6. The third-order valence-electron chi connectivity index (χ3n) is 2.46. The molecule has 0 aromatic carbocycles. The van der Waals surface area contributed by atoms with Crippen molar-refractivity contribution in [3.63, 3.8) is 0 Å². The van der Waals surface area contributed by atoms with E-state index in [0.717, 1.165) is 0 Å². The summed E-state index contributed by atoms with van der Waals surface area (Å²) in [6.07, 6.45) is -4.44. The second-order valence-corrected chi connectivity index (χ2v) is 3.47. The minimum Gasteiger partial charge on any atom is -0.394 e. The van der Waals surface area contributed by atoms with Gasteiger partial charge in [-0.1, -0.05) is 0 Å². The maximum absolute atomic E-state index is 11.3. The summed E-state index contributed by atoms with van der Waals surface area (Å²) in [7, 11) is 0. The van der Waals surface area contributed by atoms with Crippen LogP contribution in [-0.4, -0.2) is 63.0 Å². The first-order valence-electron chi connectivity index (χ1n) is 5.04. The Bertz CT molecular complexity index is 275. The molecule has 0 unspecified atom stereocenters. The number of aliphatic hydroxyl groups excluding tert-OH is 3. The molecule has 0 radical (unpaired) electrons. The topological polar surface area (TPSA) is 133 Å². The summed E-state index contributed by atoms with van der Waals surface area (Å²) >= 11 is 0. The van der Waals surface area contributed by atoms with Crippen LogP contribution < -0.4 is 5.73 Å². The molecule has 0 aromatic rings. The van der Waals surface area contributed by atoms with E-state index in [0.29, 0.717) is 0 Å². The predicted octanol–water partition coefficient (Wildman–Crippen LogP) is -3.30. The van der Waals surface area contributed by atoms with Gasteiger partial charge in [0.2, 0.25) is 5.79 Å². The van der Waals surface area contributed by atoms with Crippen molar-refractivity contribution in [3.8, 4) is 0 Å². The van der Waals surface area contributed by atoms with Crippen LogP contribution in [0.25, 0.3) is 0 Å². The van der Waals surface area contributed by atoms with Crippen LogP contribution in [0.1, 0.15) is 8.27 Å². The van der Waals surface area contributed by atoms with Crippen molar-refractivity contribution in [2.45, 2.75) is 37.0 Å². The lowest BCUT2D eigenvalue weighted by Gasteiger charge is -2.44. The van der Waals surface area contributed by atoms with Crippen LogP contribution in [0.15, 0.2) is 0 Å². The molecule has 7 heteroatoms. The van der Waals surface area contributed by atoms with Gasteiger partial charge in [0.25, 0.3) is 0 Å². The largest absolute Gasteiger partial charge is 0.394 e. The van der Waals surface area contributed by atoms with Crippen molar-refractivity contribution in [2.75, 3.05) is 6.61 Å². The number of carbonyl (C=O) groups excluding carboxylic acids is 1. The molecule has 0 aliphatic carbocycles. The van der Waals surface area contributed by atoms with Crippen molar-refractivity contribution < 1.29 is 31.3 Å². The van der Waals surface area contributed by atoms with E-state index < -0.39 is 49.4 Å². The van der Waals surface area contributed by atoms with E-state index in [1.54, 1.807) is 0 Å². The standard InChI is InChI=1S/C8H15NO6/c1-3(11)8(14)7(9)6(13)5(12)4(2-10)15-8/h4-7,10,12-14H,2,9H2,1H3/t4-,5-,6+,7-,8+/m1/s1/i1D. The van der Waals surface area contributed by atoms with Crippen molar-refractivity contribution in [2.24, 2.45) is 5.73 Å². The zero-order valence-corrected chi connectivity index (χ0v) is 7.91. The summed E-state index contributed by atoms with van der Waals surface area (Å²) in [6.45, 7) is -1.48. The maximum atomic E-state index is 11.3. The zero-order valence-electron chi connectivity index (χ0n) is 8.91. The fraction of sp³-hybridized carbons (Fsp3) is 0.875. The average molecular weight is 222 g/mol. The highest BCUT2D eigenvalue weighted by molar-refractivity contribution is 5.84. The summed E-state index contributed by atoms with van der Waals surface area (Å²) in [5, 5.41) is 37.5. The van der Waals surface area contributed by atoms with E-state index in [1.165, 1.54) is 0 Å². The van der Waals surface area contributed by atoms with E-state index in [4.69, 9.17) is 16.9 Å². The van der Waals surface area contributed by atoms with Crippen LogP contribution in [0.3, 0.4) is 0 Å². The smallest absolute Gasteiger partial charge is 0.244 e. The van der Waals surface area contributed by atoms with Gasteiger partial charge in [-0.25, -0.2) is 0 Å². The van der Waals surface area contributed by atoms with Crippen molar-refractivity contribution in [3.05, 3.63) is 0 Å². The Balaban J connectivity index is 2.98. The molecule has 1 heterocycles. The molecule has 1 aliphatic heterocycles. The predicted molar refractivity (Wildman–Crippen MR) is 47.6 cm³/mol. The Labute approximate surface area is 87.5 Å². The highest BCUT2D eigenvalue weighted by Crippen LogP contribution is 2.27. The van der Waals surface area contributed by atoms with Gasteiger partial charge in [0.15, 0.2) is 5.78 Å². The number of ether oxygens (including phenoxy) is 1. The quantitative estimate of drug-likeness (QED) is 0.330. The minimum atomic E-state index is -2.55. The fourth-order valence-electron chi connectivity index (χ4n) is 1.44. The molecule has 0 spiro atoms. The van der Waals surface area contributed by atoms with Crippen molar-refractivity contribution in [1.29, 1.82) is 0 Å². The number of ketones is 1. The average Bonchev–Trinajstić information content (AvgIpc) is 2.30. The SMILES string of the molecule is [2H]CC(=O)[C@]1(O)O[C@H](CO)[C@@H](O)[C@H](O)[C@H]1N. The van der Waals surface area contributed by atoms with Gasteiger partial charge in [-0.15, -0.1) is 0 Å². The van der Waals surface area contributed by atoms with E-state index in [9.17, 15) is 20.1 Å². The third kappa shape index (κ3) is 1.89. The Kier molecular flexibility index (Phi) is 3.01. The molecule has 7 nitrogen and oxygen atoms in total. The summed E-state index contributed by atoms with van der Waals surface area (Å²) in [5.74, 6) is -3.59. The molecular weight excluding hydrogens is 206 g/mol. The van der Waals surface area contributed by atoms with E-state index in [1.807, 2.05) is 0 Å². The highest BCUT2D eigenvalue weighted by Gasteiger charge is 2.54. The molecule has 0 aromatic heterocycles. The first-order valence-corrected chi connectivity index (χ1v) is 4.33. The molecule has 5 atom stereocenters. The summed E-state index contributed by atoms with van der Waals surface area (Å²) < 4.78 is 11.6. The zero-order chi connectivity index (χ0) is 12.5. The lowest BCUT2D eigenvalue weighted by molar-refractivity contribution is -0.296. The second kappa shape index (κ2) is 4.12. The number of hydrogen-bond donors (Lipinski definition) is 5. The summed E-state index contributed by atoms with van der Waals surface area (Å²) in [4.78, 5) is 11.3. The number of carbonyl (C=O) groups is 1. The van der Waals surface area contributed by atoms with Crippen LogP contribution >= 0.6 is 0 Å². The van der Waals surface area contributed by atoms with Gasteiger partial charge in [0, 0.05) is 8.27 Å². The molecule has 0 amide bonds. The molecule has 6 N–H and O–H groups in total. The molecule has 1 aliphatic rings. The van der Waals surface area contributed by atoms with E-state index >= 15 is 0 Å². The lowest BCUT2D eigenvalue weighted by atomic mass is 9.89. The van der Waals surface area contributed by atoms with Crippen molar-refractivity contribution in [1.82, 2.24) is 0 Å². The van der Waals surface area contributed by atoms with Crippen LogP contribution in [-0.2, 0) is 9.53 Å². The third-order valence-corrected chi connectivity index (χ3v) is 2.46. The minimum absolute atomic E-state index is 0.696. The maximum Gasteiger partial charge on any atom is 0.244 e. The normalized spacial score (nSPS) is 47.4. The van der Waals surface area contributed by atoms with Crippen LogP contribution in [0.5, 0.6) is 0 Å². The van der Waals surface area contributed by atoms with Gasteiger partial charge in [0.05, 0.1) is 12.6 Å². The molecule has 1 rings (SSSR count). The van der Waals surface area contributed by atoms with Gasteiger partial charge in [-0.05, 0) is 0 Å². The Morgan fingerprint density at radius 2 is 2.20 bits per heavy atom. The van der Waals surface area contributed by atoms with Gasteiger partial charge in [-0.3, -0.25) is 4.79 Å². The Morgan fingerprint density at radius 1 is 1.60 bits per heavy atom. The molecule has 0 saturated carbocycles. The summed E-state index contributed by atoms with van der Waals surface area (Å²) in [6, 6.07) is -1.57. The molecule has 1 saturated heterocycles. The second-order valence-electron chi connectivity index (χ2n) is 3.47. The highest BCUT2D eigenvalue weighted by atomic mass is 16.7.